The van der Waals surface area contributed by atoms with Crippen molar-refractivity contribution in [3.63, 3.8) is 0 Å². The van der Waals surface area contributed by atoms with Crippen LogP contribution >= 0.6 is 0 Å². The molecular weight excluding hydrogens is 220 g/mol. The first-order valence-corrected chi connectivity index (χ1v) is 4.75. The molecule has 0 radical (unpaired) electrons. The van der Waals surface area contributed by atoms with Crippen LogP contribution in [0.5, 0.6) is 5.75 Å². The third-order valence-electron chi connectivity index (χ3n) is 1.91. The minimum absolute atomic E-state index is 0.0325. The van der Waals surface area contributed by atoms with Gasteiger partial charge < -0.3 is 10.4 Å². The van der Waals surface area contributed by atoms with Crippen LogP contribution in [0.4, 0.5) is 17.5 Å². The lowest BCUT2D eigenvalue weighted by atomic mass is 10.3. The van der Waals surface area contributed by atoms with E-state index >= 15 is 0 Å². The van der Waals surface area contributed by atoms with Crippen molar-refractivity contribution in [3.05, 3.63) is 36.5 Å². The number of aromatic hydroxyl groups is 1. The first kappa shape index (κ1) is 10.8. The highest BCUT2D eigenvalue weighted by molar-refractivity contribution is 5.58. The van der Waals surface area contributed by atoms with Crippen molar-refractivity contribution in [2.24, 2.45) is 4.99 Å². The molecule has 6 heteroatoms. The van der Waals surface area contributed by atoms with Gasteiger partial charge in [-0.05, 0) is 18.2 Å². The first-order chi connectivity index (χ1) is 8.28. The van der Waals surface area contributed by atoms with Gasteiger partial charge >= 0.3 is 0 Å². The summed E-state index contributed by atoms with van der Waals surface area (Å²) in [7, 11) is 0. The fourth-order valence-electron chi connectivity index (χ4n) is 1.24. The maximum Gasteiger partial charge on any atom is 0.262 e. The van der Waals surface area contributed by atoms with Crippen LogP contribution in [0.15, 0.2) is 41.5 Å². The fraction of sp³-hybridized carbons (Fsp3) is 0. The molecule has 84 valence electrons. The van der Waals surface area contributed by atoms with E-state index in [1.165, 1.54) is 12.3 Å². The number of isocyanates is 1. The molecule has 0 aliphatic heterocycles. The van der Waals surface area contributed by atoms with E-state index in [-0.39, 0.29) is 11.7 Å². The molecule has 1 aromatic carbocycles. The van der Waals surface area contributed by atoms with Crippen LogP contribution in [-0.2, 0) is 4.79 Å². The molecular formula is C11H8N4O2. The van der Waals surface area contributed by atoms with E-state index in [1.807, 2.05) is 0 Å². The topological polar surface area (TPSA) is 87.5 Å². The maximum absolute atomic E-state index is 10.1. The van der Waals surface area contributed by atoms with Crippen molar-refractivity contribution < 1.29 is 9.90 Å². The van der Waals surface area contributed by atoms with E-state index in [4.69, 9.17) is 0 Å². The average molecular weight is 228 g/mol. The summed E-state index contributed by atoms with van der Waals surface area (Å²) in [5.41, 5.74) is 0.671. The number of benzene rings is 1. The second-order valence-electron chi connectivity index (χ2n) is 3.12. The number of nitrogens with one attached hydrogen (secondary N) is 1. The Morgan fingerprint density at radius 1 is 1.35 bits per heavy atom. The molecule has 0 saturated heterocycles. The summed E-state index contributed by atoms with van der Waals surface area (Å²) in [4.78, 5) is 21.1. The molecule has 6 nitrogen and oxygen atoms in total. The third kappa shape index (κ3) is 2.87. The number of phenols is 1. The molecule has 0 fully saturated rings. The van der Waals surface area contributed by atoms with Crippen LogP contribution in [0.1, 0.15) is 0 Å². The molecule has 2 aromatic rings. The zero-order chi connectivity index (χ0) is 12.1. The average Bonchev–Trinajstić information content (AvgIpc) is 2.30. The number of anilines is 2. The van der Waals surface area contributed by atoms with Crippen molar-refractivity contribution in [2.45, 2.75) is 0 Å². The normalized spacial score (nSPS) is 9.41. The lowest BCUT2D eigenvalue weighted by Gasteiger charge is -2.05. The van der Waals surface area contributed by atoms with Crippen LogP contribution in [-0.4, -0.2) is 21.2 Å². The third-order valence-corrected chi connectivity index (χ3v) is 1.91. The van der Waals surface area contributed by atoms with Crippen molar-refractivity contribution in [2.75, 3.05) is 5.32 Å². The van der Waals surface area contributed by atoms with Gasteiger partial charge in [0.25, 0.3) is 5.95 Å². The molecule has 0 atom stereocenters. The fourth-order valence-corrected chi connectivity index (χ4v) is 1.24. The number of nitrogens with zero attached hydrogens (tertiary/aromatic N) is 3. The van der Waals surface area contributed by atoms with Gasteiger partial charge in [-0.1, -0.05) is 6.07 Å². The van der Waals surface area contributed by atoms with Gasteiger partial charge in [0, 0.05) is 18.0 Å². The summed E-state index contributed by atoms with van der Waals surface area (Å²) in [6.45, 7) is 0. The minimum atomic E-state index is 0.0325. The van der Waals surface area contributed by atoms with E-state index in [9.17, 15) is 9.90 Å². The summed E-state index contributed by atoms with van der Waals surface area (Å²) in [6.07, 6.45) is 2.83. The van der Waals surface area contributed by atoms with E-state index in [0.717, 1.165) is 0 Å². The minimum Gasteiger partial charge on any atom is -0.508 e. The molecule has 2 rings (SSSR count). The van der Waals surface area contributed by atoms with E-state index in [2.05, 4.69) is 20.3 Å². The Hall–Kier alpha value is -2.72. The predicted octanol–water partition coefficient (Wildman–Crippen LogP) is 1.89. The van der Waals surface area contributed by atoms with Gasteiger partial charge in [0.05, 0.1) is 0 Å². The number of hydrogen-bond acceptors (Lipinski definition) is 6. The molecule has 0 spiro atoms. The number of carbonyl (C=O) groups excluding carboxylic acids is 1. The quantitative estimate of drug-likeness (QED) is 0.618. The van der Waals surface area contributed by atoms with Crippen LogP contribution < -0.4 is 5.32 Å². The Morgan fingerprint density at radius 3 is 3.00 bits per heavy atom. The Labute approximate surface area is 96.7 Å². The Bertz CT molecular complexity index is 579. The molecule has 17 heavy (non-hydrogen) atoms. The monoisotopic (exact) mass is 228 g/mol. The molecule has 2 N–H and O–H groups in total. The van der Waals surface area contributed by atoms with Crippen LogP contribution in [0.3, 0.4) is 0 Å². The van der Waals surface area contributed by atoms with E-state index < -0.39 is 0 Å². The van der Waals surface area contributed by atoms with Crippen LogP contribution in [0.25, 0.3) is 0 Å². The molecule has 1 heterocycles. The Balaban J connectivity index is 2.24. The summed E-state index contributed by atoms with van der Waals surface area (Å²) >= 11 is 0. The largest absolute Gasteiger partial charge is 0.508 e. The number of phenolic OH excluding ortho intramolecular Hbond substituents is 1. The van der Waals surface area contributed by atoms with E-state index in [0.29, 0.717) is 11.5 Å². The van der Waals surface area contributed by atoms with E-state index in [1.54, 1.807) is 30.3 Å². The van der Waals surface area contributed by atoms with Crippen molar-refractivity contribution in [1.82, 2.24) is 9.97 Å². The number of rotatable bonds is 3. The Kier molecular flexibility index (Phi) is 3.09. The second kappa shape index (κ2) is 4.87. The maximum atomic E-state index is 10.1. The molecule has 0 saturated carbocycles. The van der Waals surface area contributed by atoms with Gasteiger partial charge in [0.15, 0.2) is 0 Å². The number of aromatic nitrogens is 2. The lowest BCUT2D eigenvalue weighted by molar-refractivity contribution is 0.475. The van der Waals surface area contributed by atoms with Gasteiger partial charge in [-0.25, -0.2) is 9.78 Å². The highest BCUT2D eigenvalue weighted by Gasteiger charge is 1.99. The molecule has 1 aromatic heterocycles. The first-order valence-electron chi connectivity index (χ1n) is 4.75. The number of aliphatic imine (C=N–C) groups is 1. The highest BCUT2D eigenvalue weighted by atomic mass is 16.3. The molecule has 0 aliphatic rings. The zero-order valence-electron chi connectivity index (χ0n) is 8.66. The van der Waals surface area contributed by atoms with Gasteiger partial charge in [-0.3, -0.25) is 0 Å². The highest BCUT2D eigenvalue weighted by Crippen LogP contribution is 2.19. The predicted molar refractivity (Wildman–Crippen MR) is 61.2 cm³/mol. The van der Waals surface area contributed by atoms with Crippen molar-refractivity contribution in [1.29, 1.82) is 0 Å². The van der Waals surface area contributed by atoms with Gasteiger partial charge in [0.2, 0.25) is 6.08 Å². The van der Waals surface area contributed by atoms with Gasteiger partial charge in [-0.2, -0.15) is 4.98 Å². The SMILES string of the molecule is O=C=Nc1nccc(Nc2cccc(O)c2)n1. The Morgan fingerprint density at radius 2 is 2.24 bits per heavy atom. The van der Waals surface area contributed by atoms with Crippen molar-refractivity contribution in [3.8, 4) is 5.75 Å². The summed E-state index contributed by atoms with van der Waals surface area (Å²) < 4.78 is 0. The van der Waals surface area contributed by atoms with Gasteiger partial charge in [0.1, 0.15) is 11.6 Å². The zero-order valence-corrected chi connectivity index (χ0v) is 8.66. The summed E-state index contributed by atoms with van der Waals surface area (Å²) in [6, 6.07) is 8.19. The second-order valence-corrected chi connectivity index (χ2v) is 3.12. The molecule has 0 unspecified atom stereocenters. The standard InChI is InChI=1S/C11H8N4O2/c16-7-13-11-12-5-4-10(15-11)14-8-2-1-3-9(17)6-8/h1-6,17H,(H,12,14,15). The molecule has 0 bridgehead atoms. The molecule has 0 amide bonds. The molecule has 0 aliphatic carbocycles. The van der Waals surface area contributed by atoms with Crippen LogP contribution in [0, 0.1) is 0 Å². The van der Waals surface area contributed by atoms with Crippen LogP contribution in [0.2, 0.25) is 0 Å². The lowest BCUT2D eigenvalue weighted by Crippen LogP contribution is -1.93. The smallest absolute Gasteiger partial charge is 0.262 e. The summed E-state index contributed by atoms with van der Waals surface area (Å²) in [5, 5.41) is 12.2. The summed E-state index contributed by atoms with van der Waals surface area (Å²) in [5.74, 6) is 0.653. The number of hydrogen-bond donors (Lipinski definition) is 2. The van der Waals surface area contributed by atoms with Crippen molar-refractivity contribution >= 4 is 23.5 Å². The van der Waals surface area contributed by atoms with Gasteiger partial charge in [-0.15, -0.1) is 4.99 Å².